The quantitative estimate of drug-likeness (QED) is 0.184. The molecule has 1 aromatic carbocycles. The van der Waals surface area contributed by atoms with E-state index in [0.717, 1.165) is 17.1 Å². The Bertz CT molecular complexity index is 1630. The Labute approximate surface area is 256 Å². The van der Waals surface area contributed by atoms with Gasteiger partial charge < -0.3 is 29.5 Å². The molecule has 1 aliphatic rings. The van der Waals surface area contributed by atoms with Crippen LogP contribution in [0.4, 0.5) is 34.5 Å². The van der Waals surface area contributed by atoms with Crippen LogP contribution < -0.4 is 19.9 Å². The highest BCUT2D eigenvalue weighted by atomic mass is 16.6. The number of likely N-dealkylation sites (N-methyl/N-ethyl adjacent to an activating group) is 2. The second kappa shape index (κ2) is 12.4. The summed E-state index contributed by atoms with van der Waals surface area (Å²) >= 11 is 0. The van der Waals surface area contributed by atoms with Crippen LogP contribution in [0.2, 0.25) is 0 Å². The van der Waals surface area contributed by atoms with Crippen molar-refractivity contribution in [3.05, 3.63) is 57.5 Å². The van der Waals surface area contributed by atoms with Gasteiger partial charge in [0.05, 0.1) is 39.2 Å². The van der Waals surface area contributed by atoms with Gasteiger partial charge >= 0.3 is 5.97 Å². The van der Waals surface area contributed by atoms with E-state index in [1.165, 1.54) is 18.3 Å². The van der Waals surface area contributed by atoms with Gasteiger partial charge in [-0.3, -0.25) is 15.1 Å². The number of anilines is 5. The first kappa shape index (κ1) is 27.3. The van der Waals surface area contributed by atoms with E-state index >= 15 is 0 Å². The number of esters is 1. The van der Waals surface area contributed by atoms with E-state index in [4.69, 9.17) is 18.6 Å². The molecule has 230 valence electrons. The standard InChI is InChI=1S/C30H40N8O5/c1-18(2)43-28(39)20-16-31-29(34-27(20)37-17-30(4,5)26-22(37)11-10-19(3)32-26)33-21-14-24(38(40)41)23(15-25(21)42-9)36(8)13-12-35(6)7/h10-11,14-16,18H,12-13,17H2,1-9H3,(H,31,33,34)/i9D3. The Kier molecular flexibility index (Phi) is 7.86. The van der Waals surface area contributed by atoms with Crippen LogP contribution in [0, 0.1) is 17.0 Å². The van der Waals surface area contributed by atoms with E-state index in [2.05, 4.69) is 15.3 Å². The third-order valence-electron chi connectivity index (χ3n) is 7.01. The van der Waals surface area contributed by atoms with Gasteiger partial charge in [-0.1, -0.05) is 13.8 Å². The van der Waals surface area contributed by atoms with Crippen molar-refractivity contribution < 1.29 is 23.3 Å². The zero-order valence-corrected chi connectivity index (χ0v) is 25.8. The molecule has 0 bridgehead atoms. The maximum atomic E-state index is 13.2. The highest BCUT2D eigenvalue weighted by molar-refractivity contribution is 5.96. The molecule has 43 heavy (non-hydrogen) atoms. The summed E-state index contributed by atoms with van der Waals surface area (Å²) in [4.78, 5) is 44.0. The number of nitro groups is 1. The molecule has 0 amide bonds. The molecular weight excluding hydrogens is 552 g/mol. The minimum atomic E-state index is -2.86. The second-order valence-corrected chi connectivity index (χ2v) is 11.7. The van der Waals surface area contributed by atoms with Gasteiger partial charge in [0.15, 0.2) is 5.82 Å². The van der Waals surface area contributed by atoms with Gasteiger partial charge in [-0.05, 0) is 47.0 Å². The van der Waals surface area contributed by atoms with Crippen molar-refractivity contribution in [1.29, 1.82) is 0 Å². The molecule has 13 nitrogen and oxygen atoms in total. The maximum absolute atomic E-state index is 13.2. The first-order chi connectivity index (χ1) is 21.4. The molecule has 4 rings (SSSR count). The third-order valence-corrected chi connectivity index (χ3v) is 7.01. The highest BCUT2D eigenvalue weighted by Gasteiger charge is 2.40. The number of hydrogen-bond acceptors (Lipinski definition) is 12. The number of rotatable bonds is 11. The summed E-state index contributed by atoms with van der Waals surface area (Å²) in [6.45, 7) is 10.9. The Hall–Kier alpha value is -4.52. The van der Waals surface area contributed by atoms with Gasteiger partial charge in [0.2, 0.25) is 5.95 Å². The SMILES string of the molecule is [2H]C([2H])([2H])Oc1cc(N(C)CCN(C)C)c([N+](=O)[O-])cc1Nc1ncc(C(=O)OC(C)C)c(N2CC(C)(C)c3nc(C)ccc32)n1. The lowest BCUT2D eigenvalue weighted by Gasteiger charge is -2.24. The molecule has 0 aliphatic carbocycles. The molecule has 13 heteroatoms. The predicted octanol–water partition coefficient (Wildman–Crippen LogP) is 4.83. The number of carbonyl (C=O) groups is 1. The number of nitrogens with one attached hydrogen (secondary N) is 1. The number of benzene rings is 1. The average molecular weight is 596 g/mol. The van der Waals surface area contributed by atoms with Crippen LogP contribution in [0.1, 0.15) is 53.6 Å². The van der Waals surface area contributed by atoms with E-state index < -0.39 is 29.4 Å². The summed E-state index contributed by atoms with van der Waals surface area (Å²) < 4.78 is 34.0. The molecule has 0 atom stereocenters. The van der Waals surface area contributed by atoms with Crippen LogP contribution in [-0.4, -0.2) is 84.7 Å². The molecule has 0 radical (unpaired) electrons. The van der Waals surface area contributed by atoms with Crippen molar-refractivity contribution in [3.63, 3.8) is 0 Å². The summed E-state index contributed by atoms with van der Waals surface area (Å²) in [5.41, 5.74) is 1.99. The molecule has 1 N–H and O–H groups in total. The topological polar surface area (TPSA) is 139 Å². The molecule has 0 spiro atoms. The summed E-state index contributed by atoms with van der Waals surface area (Å²) in [5.74, 6) is -0.623. The number of methoxy groups -OCH3 is 1. The fraction of sp³-hybridized carbons (Fsp3) is 0.467. The Balaban J connectivity index is 1.85. The lowest BCUT2D eigenvalue weighted by molar-refractivity contribution is -0.384. The van der Waals surface area contributed by atoms with Gasteiger partial charge in [0, 0.05) is 56.1 Å². The Morgan fingerprint density at radius 3 is 2.63 bits per heavy atom. The number of hydrogen-bond donors (Lipinski definition) is 1. The normalized spacial score (nSPS) is 15.0. The van der Waals surface area contributed by atoms with Crippen LogP contribution in [0.25, 0.3) is 0 Å². The number of pyridine rings is 1. The molecule has 0 saturated heterocycles. The predicted molar refractivity (Wildman–Crippen MR) is 166 cm³/mol. The number of ether oxygens (including phenoxy) is 2. The summed E-state index contributed by atoms with van der Waals surface area (Å²) in [7, 11) is 2.56. The summed E-state index contributed by atoms with van der Waals surface area (Å²) in [5, 5.41) is 15.1. The van der Waals surface area contributed by atoms with Crippen molar-refractivity contribution >= 4 is 40.5 Å². The third kappa shape index (κ3) is 6.77. The molecule has 0 saturated carbocycles. The van der Waals surface area contributed by atoms with Crippen LogP contribution in [-0.2, 0) is 10.2 Å². The van der Waals surface area contributed by atoms with Crippen molar-refractivity contribution in [2.24, 2.45) is 0 Å². The molecule has 3 heterocycles. The largest absolute Gasteiger partial charge is 0.494 e. The van der Waals surface area contributed by atoms with E-state index in [1.807, 2.05) is 56.8 Å². The molecule has 1 aliphatic heterocycles. The Morgan fingerprint density at radius 1 is 1.23 bits per heavy atom. The van der Waals surface area contributed by atoms with Gasteiger partial charge in [-0.2, -0.15) is 4.98 Å². The summed E-state index contributed by atoms with van der Waals surface area (Å²) in [6, 6.07) is 6.28. The average Bonchev–Trinajstić information content (AvgIpc) is 3.20. The first-order valence-electron chi connectivity index (χ1n) is 15.3. The zero-order valence-electron chi connectivity index (χ0n) is 28.8. The first-order valence-corrected chi connectivity index (χ1v) is 13.8. The second-order valence-electron chi connectivity index (χ2n) is 11.7. The molecule has 3 aromatic rings. The zero-order chi connectivity index (χ0) is 34.1. The number of carbonyl (C=O) groups excluding carboxylic acids is 1. The fourth-order valence-electron chi connectivity index (χ4n) is 4.85. The number of fused-ring (bicyclic) bond motifs is 1. The molecule has 0 unspecified atom stereocenters. The van der Waals surface area contributed by atoms with Crippen molar-refractivity contribution in [1.82, 2.24) is 19.9 Å². The smallest absolute Gasteiger partial charge is 0.343 e. The number of nitro benzene ring substituents is 1. The van der Waals surface area contributed by atoms with Crippen LogP contribution in [0.3, 0.4) is 0 Å². The Morgan fingerprint density at radius 2 is 1.98 bits per heavy atom. The lowest BCUT2D eigenvalue weighted by atomic mass is 9.91. The lowest BCUT2D eigenvalue weighted by Crippen LogP contribution is -2.29. The van der Waals surface area contributed by atoms with Gasteiger partial charge in [0.1, 0.15) is 17.0 Å². The van der Waals surface area contributed by atoms with E-state index in [-0.39, 0.29) is 40.1 Å². The van der Waals surface area contributed by atoms with E-state index in [1.54, 1.807) is 25.8 Å². The van der Waals surface area contributed by atoms with Crippen LogP contribution >= 0.6 is 0 Å². The van der Waals surface area contributed by atoms with Gasteiger partial charge in [0.25, 0.3) is 5.69 Å². The number of aromatic nitrogens is 3. The fourth-order valence-corrected chi connectivity index (χ4v) is 4.85. The van der Waals surface area contributed by atoms with E-state index in [0.29, 0.717) is 19.6 Å². The highest BCUT2D eigenvalue weighted by Crippen LogP contribution is 2.44. The van der Waals surface area contributed by atoms with Gasteiger partial charge in [-0.15, -0.1) is 0 Å². The number of nitrogens with zero attached hydrogens (tertiary/aromatic N) is 7. The van der Waals surface area contributed by atoms with Gasteiger partial charge in [-0.25, -0.2) is 9.78 Å². The number of aryl methyl sites for hydroxylation is 1. The monoisotopic (exact) mass is 595 g/mol. The summed E-state index contributed by atoms with van der Waals surface area (Å²) in [6.07, 6.45) is 0.906. The molecule has 0 fully saturated rings. The maximum Gasteiger partial charge on any atom is 0.343 e. The van der Waals surface area contributed by atoms with Crippen molar-refractivity contribution in [3.8, 4) is 5.75 Å². The minimum Gasteiger partial charge on any atom is -0.494 e. The van der Waals surface area contributed by atoms with Crippen molar-refractivity contribution in [2.45, 2.75) is 46.1 Å². The van der Waals surface area contributed by atoms with E-state index in [9.17, 15) is 14.9 Å². The molecular formula is C30H40N8O5. The minimum absolute atomic E-state index is 0.0458. The molecule has 2 aromatic heterocycles. The van der Waals surface area contributed by atoms with Crippen molar-refractivity contribution in [2.75, 3.05) is 62.9 Å². The van der Waals surface area contributed by atoms with Crippen LogP contribution in [0.5, 0.6) is 5.75 Å². The van der Waals surface area contributed by atoms with Crippen LogP contribution in [0.15, 0.2) is 30.5 Å².